The summed E-state index contributed by atoms with van der Waals surface area (Å²) >= 11 is 1.09. The smallest absolute Gasteiger partial charge is 0.324 e. The summed E-state index contributed by atoms with van der Waals surface area (Å²) in [7, 11) is 0. The van der Waals surface area contributed by atoms with E-state index in [2.05, 4.69) is 0 Å². The molecule has 0 radical (unpaired) electrons. The molecule has 1 aliphatic rings. The summed E-state index contributed by atoms with van der Waals surface area (Å²) in [6, 6.07) is 2.67. The number of nitrogens with two attached hydrogens (primary N) is 1. The molecule has 2 N–H and O–H groups in total. The molecule has 1 amide bonds. The molecule has 18 heavy (non-hydrogen) atoms. The summed E-state index contributed by atoms with van der Waals surface area (Å²) in [5.74, 6) is 0.0125. The second-order valence-corrected chi connectivity index (χ2v) is 5.73. The van der Waals surface area contributed by atoms with Gasteiger partial charge in [-0.05, 0) is 19.9 Å². The van der Waals surface area contributed by atoms with Crippen LogP contribution in [0.1, 0.15) is 31.2 Å². The Labute approximate surface area is 109 Å². The summed E-state index contributed by atoms with van der Waals surface area (Å²) in [6.07, 6.45) is 0.300. The maximum Gasteiger partial charge on any atom is 0.324 e. The first-order valence-electron chi connectivity index (χ1n) is 5.72. The normalized spacial score (nSPS) is 24.0. The summed E-state index contributed by atoms with van der Waals surface area (Å²) in [5.41, 5.74) is 5.99. The number of hydrogen-bond donors (Lipinski definition) is 1. The van der Waals surface area contributed by atoms with Crippen LogP contribution in [0, 0.1) is 10.1 Å². The standard InChI is InChI=1S/C11H15N3O3S/c1-6(2)13-9(15)5-7(12)11(13)8-3-4-10(18-8)14(16)17/h3-4,6-7,11H,5,12H2,1-2H3. The number of nitrogens with zero attached hydrogens (tertiary/aromatic N) is 2. The third-order valence-corrected chi connectivity index (χ3v) is 4.15. The highest BCUT2D eigenvalue weighted by Gasteiger charge is 2.41. The fourth-order valence-corrected chi connectivity index (χ4v) is 3.33. The van der Waals surface area contributed by atoms with E-state index >= 15 is 0 Å². The van der Waals surface area contributed by atoms with E-state index in [0.717, 1.165) is 16.2 Å². The van der Waals surface area contributed by atoms with Gasteiger partial charge in [-0.25, -0.2) is 0 Å². The van der Waals surface area contributed by atoms with Crippen LogP contribution in [0.25, 0.3) is 0 Å². The number of nitro groups is 1. The van der Waals surface area contributed by atoms with E-state index in [0.29, 0.717) is 6.42 Å². The molecule has 6 nitrogen and oxygen atoms in total. The minimum absolute atomic E-state index is 0.0125. The number of amides is 1. The van der Waals surface area contributed by atoms with Gasteiger partial charge >= 0.3 is 5.00 Å². The van der Waals surface area contributed by atoms with Crippen LogP contribution in [-0.4, -0.2) is 27.8 Å². The highest BCUT2D eigenvalue weighted by Crippen LogP contribution is 2.39. The van der Waals surface area contributed by atoms with E-state index in [1.54, 1.807) is 11.0 Å². The van der Waals surface area contributed by atoms with Gasteiger partial charge in [-0.3, -0.25) is 14.9 Å². The molecule has 2 unspecified atom stereocenters. The average molecular weight is 269 g/mol. The Hall–Kier alpha value is -1.47. The number of thiophene rings is 1. The lowest BCUT2D eigenvalue weighted by Crippen LogP contribution is -2.37. The van der Waals surface area contributed by atoms with Crippen molar-refractivity contribution < 1.29 is 9.72 Å². The van der Waals surface area contributed by atoms with E-state index in [9.17, 15) is 14.9 Å². The lowest BCUT2D eigenvalue weighted by Gasteiger charge is -2.29. The molecule has 0 aliphatic carbocycles. The topological polar surface area (TPSA) is 89.5 Å². The number of hydrogen-bond acceptors (Lipinski definition) is 5. The van der Waals surface area contributed by atoms with Gasteiger partial charge in [0, 0.05) is 29.4 Å². The second-order valence-electron chi connectivity index (χ2n) is 4.64. The van der Waals surface area contributed by atoms with Crippen LogP contribution in [0.15, 0.2) is 12.1 Å². The molecule has 98 valence electrons. The third kappa shape index (κ3) is 2.11. The first-order chi connectivity index (χ1) is 8.41. The maximum absolute atomic E-state index is 11.9. The van der Waals surface area contributed by atoms with Crippen LogP contribution in [0.4, 0.5) is 5.00 Å². The van der Waals surface area contributed by atoms with Gasteiger partial charge in [0.1, 0.15) is 0 Å². The average Bonchev–Trinajstić information content (AvgIpc) is 2.81. The van der Waals surface area contributed by atoms with Gasteiger partial charge in [-0.15, -0.1) is 0 Å². The van der Waals surface area contributed by atoms with Crippen LogP contribution < -0.4 is 5.73 Å². The first kappa shape index (κ1) is 13.0. The monoisotopic (exact) mass is 269 g/mol. The van der Waals surface area contributed by atoms with Gasteiger partial charge in [-0.2, -0.15) is 0 Å². The van der Waals surface area contributed by atoms with Crippen molar-refractivity contribution in [2.75, 3.05) is 0 Å². The van der Waals surface area contributed by atoms with Crippen LogP contribution in [0.5, 0.6) is 0 Å². The van der Waals surface area contributed by atoms with Gasteiger partial charge < -0.3 is 10.6 Å². The quantitative estimate of drug-likeness (QED) is 0.667. The number of carbonyl (C=O) groups is 1. The van der Waals surface area contributed by atoms with E-state index < -0.39 is 4.92 Å². The SMILES string of the molecule is CC(C)N1C(=O)CC(N)C1c1ccc([N+](=O)[O-])s1. The summed E-state index contributed by atoms with van der Waals surface area (Å²) in [6.45, 7) is 3.84. The summed E-state index contributed by atoms with van der Waals surface area (Å²) in [5, 5.41) is 10.8. The zero-order valence-electron chi connectivity index (χ0n) is 10.2. The Balaban J connectivity index is 2.34. The zero-order chi connectivity index (χ0) is 13.4. The minimum atomic E-state index is -0.420. The molecule has 1 saturated heterocycles. The Kier molecular flexibility index (Phi) is 3.36. The van der Waals surface area contributed by atoms with Gasteiger partial charge in [-0.1, -0.05) is 11.3 Å². The minimum Gasteiger partial charge on any atom is -0.331 e. The van der Waals surface area contributed by atoms with E-state index in [-0.39, 0.29) is 29.0 Å². The molecule has 1 aromatic heterocycles. The molecule has 0 saturated carbocycles. The maximum atomic E-state index is 11.9. The van der Waals surface area contributed by atoms with Gasteiger partial charge in [0.2, 0.25) is 5.91 Å². The molecule has 0 spiro atoms. The molecule has 7 heteroatoms. The van der Waals surface area contributed by atoms with E-state index in [1.165, 1.54) is 6.07 Å². The fourth-order valence-electron chi connectivity index (χ4n) is 2.34. The number of rotatable bonds is 3. The Morgan fingerprint density at radius 1 is 1.56 bits per heavy atom. The van der Waals surface area contributed by atoms with Crippen molar-refractivity contribution in [2.45, 2.75) is 38.4 Å². The molecule has 2 atom stereocenters. The molecule has 1 aliphatic heterocycles. The third-order valence-electron chi connectivity index (χ3n) is 3.04. The van der Waals surface area contributed by atoms with E-state index in [4.69, 9.17) is 5.73 Å². The molecule has 1 fully saturated rings. The van der Waals surface area contributed by atoms with Gasteiger partial charge in [0.25, 0.3) is 0 Å². The molecular weight excluding hydrogens is 254 g/mol. The van der Waals surface area contributed by atoms with Crippen molar-refractivity contribution in [3.05, 3.63) is 27.1 Å². The molecule has 2 heterocycles. The fraction of sp³-hybridized carbons (Fsp3) is 0.545. The largest absolute Gasteiger partial charge is 0.331 e. The summed E-state index contributed by atoms with van der Waals surface area (Å²) in [4.78, 5) is 24.6. The predicted molar refractivity (Wildman–Crippen MR) is 68.3 cm³/mol. The highest BCUT2D eigenvalue weighted by molar-refractivity contribution is 7.15. The Bertz CT molecular complexity index is 486. The zero-order valence-corrected chi connectivity index (χ0v) is 11.0. The van der Waals surface area contributed by atoms with Crippen molar-refractivity contribution in [1.82, 2.24) is 4.90 Å². The lowest BCUT2D eigenvalue weighted by molar-refractivity contribution is -0.380. The number of carbonyl (C=O) groups excluding carboxylic acids is 1. The van der Waals surface area contributed by atoms with Crippen LogP contribution in [0.3, 0.4) is 0 Å². The van der Waals surface area contributed by atoms with Crippen LogP contribution in [-0.2, 0) is 4.79 Å². The molecule has 1 aromatic rings. The van der Waals surface area contributed by atoms with Crippen LogP contribution in [0.2, 0.25) is 0 Å². The predicted octanol–water partition coefficient (Wildman–Crippen LogP) is 1.67. The second kappa shape index (κ2) is 4.66. The van der Waals surface area contributed by atoms with Crippen LogP contribution >= 0.6 is 11.3 Å². The van der Waals surface area contributed by atoms with Crippen molar-refractivity contribution in [3.63, 3.8) is 0 Å². The van der Waals surface area contributed by atoms with Crippen molar-refractivity contribution >= 4 is 22.2 Å². The van der Waals surface area contributed by atoms with E-state index in [1.807, 2.05) is 13.8 Å². The lowest BCUT2D eigenvalue weighted by atomic mass is 10.1. The summed E-state index contributed by atoms with van der Waals surface area (Å²) < 4.78 is 0. The van der Waals surface area contributed by atoms with Gasteiger partial charge in [0.05, 0.1) is 11.0 Å². The highest BCUT2D eigenvalue weighted by atomic mass is 32.1. The van der Waals surface area contributed by atoms with Gasteiger partial charge in [0.15, 0.2) is 0 Å². The molecular formula is C11H15N3O3S. The van der Waals surface area contributed by atoms with Crippen molar-refractivity contribution in [1.29, 1.82) is 0 Å². The molecule has 0 bridgehead atoms. The van der Waals surface area contributed by atoms with Crippen molar-refractivity contribution in [3.8, 4) is 0 Å². The molecule has 2 rings (SSSR count). The number of likely N-dealkylation sites (tertiary alicyclic amines) is 1. The van der Waals surface area contributed by atoms with Crippen molar-refractivity contribution in [2.24, 2.45) is 5.73 Å². The Morgan fingerprint density at radius 2 is 2.22 bits per heavy atom. The first-order valence-corrected chi connectivity index (χ1v) is 6.54. The molecule has 0 aromatic carbocycles. The Morgan fingerprint density at radius 3 is 2.72 bits per heavy atom.